The number of aromatic nitrogens is 2. The Morgan fingerprint density at radius 1 is 1.02 bits per heavy atom. The van der Waals surface area contributed by atoms with Crippen LogP contribution in [0.1, 0.15) is 67.0 Å². The van der Waals surface area contributed by atoms with Crippen molar-refractivity contribution < 1.29 is 19.0 Å². The number of hydrogen-bond acceptors (Lipinski definition) is 5. The molecule has 43 heavy (non-hydrogen) atoms. The molecule has 2 aromatic carbocycles. The minimum Gasteiger partial charge on any atom is -0.481 e. The lowest BCUT2D eigenvalue weighted by atomic mass is 9.80. The van der Waals surface area contributed by atoms with Gasteiger partial charge in [0.2, 0.25) is 0 Å². The number of carboxylic acids is 1. The number of benzene rings is 2. The van der Waals surface area contributed by atoms with Crippen molar-refractivity contribution in [2.75, 3.05) is 52.5 Å². The smallest absolute Gasteiger partial charge is 0.311 e. The average molecular weight is 589 g/mol. The van der Waals surface area contributed by atoms with Crippen molar-refractivity contribution in [3.05, 3.63) is 89.0 Å². The molecule has 0 aliphatic carbocycles. The third-order valence-electron chi connectivity index (χ3n) is 10.1. The first kappa shape index (κ1) is 30.0. The zero-order valence-electron chi connectivity index (χ0n) is 25.3. The van der Waals surface area contributed by atoms with Crippen LogP contribution in [0.4, 0.5) is 4.39 Å². The minimum atomic E-state index is -0.764. The highest BCUT2D eigenvalue weighted by Crippen LogP contribution is 2.39. The predicted molar refractivity (Wildman–Crippen MR) is 165 cm³/mol. The van der Waals surface area contributed by atoms with Crippen LogP contribution in [0.5, 0.6) is 0 Å². The second-order valence-corrected chi connectivity index (χ2v) is 12.9. The topological polar surface area (TPSA) is 70.8 Å². The number of ether oxygens (including phenoxy) is 1. The second kappa shape index (κ2) is 13.3. The SMILES string of the molecule is CCn1nc(Cc2ccccc2)cc1C1CCN(C[C@H]2CN(CC3(C(=O)O)CCOCC3)C[C@@H]2c2cccc(F)c2)CC1. The van der Waals surface area contributed by atoms with Crippen LogP contribution in [-0.4, -0.2) is 83.1 Å². The van der Waals surface area contributed by atoms with Crippen LogP contribution >= 0.6 is 0 Å². The molecule has 6 rings (SSSR count). The highest BCUT2D eigenvalue weighted by atomic mass is 19.1. The Hall–Kier alpha value is -3.07. The zero-order chi connectivity index (χ0) is 29.8. The molecule has 0 radical (unpaired) electrons. The van der Waals surface area contributed by atoms with Crippen molar-refractivity contribution in [3.63, 3.8) is 0 Å². The summed E-state index contributed by atoms with van der Waals surface area (Å²) in [6.07, 6.45) is 4.14. The van der Waals surface area contributed by atoms with Gasteiger partial charge in [-0.2, -0.15) is 5.10 Å². The number of aliphatic carboxylic acids is 1. The Bertz CT molecular complexity index is 1360. The maximum Gasteiger partial charge on any atom is 0.311 e. The maximum atomic E-state index is 14.3. The van der Waals surface area contributed by atoms with Crippen molar-refractivity contribution in [1.29, 1.82) is 0 Å². The van der Waals surface area contributed by atoms with Crippen molar-refractivity contribution in [1.82, 2.24) is 19.6 Å². The Morgan fingerprint density at radius 3 is 2.49 bits per heavy atom. The molecule has 0 bridgehead atoms. The summed E-state index contributed by atoms with van der Waals surface area (Å²) in [6.45, 7) is 9.16. The second-order valence-electron chi connectivity index (χ2n) is 12.9. The van der Waals surface area contributed by atoms with Crippen LogP contribution < -0.4 is 0 Å². The van der Waals surface area contributed by atoms with Crippen molar-refractivity contribution in [2.45, 2.75) is 57.4 Å². The van der Waals surface area contributed by atoms with Crippen molar-refractivity contribution in [2.24, 2.45) is 11.3 Å². The fourth-order valence-electron chi connectivity index (χ4n) is 7.72. The first-order valence-electron chi connectivity index (χ1n) is 16.0. The highest BCUT2D eigenvalue weighted by Gasteiger charge is 2.45. The number of aryl methyl sites for hydroxylation is 1. The van der Waals surface area contributed by atoms with Gasteiger partial charge in [0.1, 0.15) is 5.82 Å². The van der Waals surface area contributed by atoms with Crippen LogP contribution in [-0.2, 0) is 22.5 Å². The average Bonchev–Trinajstić information content (AvgIpc) is 3.62. The van der Waals surface area contributed by atoms with Gasteiger partial charge in [0.25, 0.3) is 0 Å². The molecule has 3 aromatic rings. The van der Waals surface area contributed by atoms with Crippen molar-refractivity contribution in [3.8, 4) is 0 Å². The third-order valence-corrected chi connectivity index (χ3v) is 10.1. The molecule has 3 saturated heterocycles. The molecule has 1 N–H and O–H groups in total. The molecule has 2 atom stereocenters. The lowest BCUT2D eigenvalue weighted by molar-refractivity contribution is -0.156. The van der Waals surface area contributed by atoms with Crippen LogP contribution in [0.2, 0.25) is 0 Å². The number of piperidine rings is 1. The van der Waals surface area contributed by atoms with Crippen LogP contribution in [0.15, 0.2) is 60.7 Å². The van der Waals surface area contributed by atoms with E-state index in [0.717, 1.165) is 69.8 Å². The summed E-state index contributed by atoms with van der Waals surface area (Å²) < 4.78 is 22.0. The molecule has 3 aliphatic heterocycles. The first-order chi connectivity index (χ1) is 20.9. The van der Waals surface area contributed by atoms with Crippen LogP contribution in [0.25, 0.3) is 0 Å². The van der Waals surface area contributed by atoms with E-state index in [0.29, 0.717) is 44.4 Å². The van der Waals surface area contributed by atoms with E-state index >= 15 is 0 Å². The Morgan fingerprint density at radius 2 is 1.79 bits per heavy atom. The summed E-state index contributed by atoms with van der Waals surface area (Å²) in [5, 5.41) is 15.1. The summed E-state index contributed by atoms with van der Waals surface area (Å²) in [5.41, 5.74) is 4.04. The molecular weight excluding hydrogens is 543 g/mol. The normalized spacial score (nSPS) is 23.5. The van der Waals surface area contributed by atoms with Crippen LogP contribution in [0, 0.1) is 17.2 Å². The molecule has 7 nitrogen and oxygen atoms in total. The fraction of sp³-hybridized carbons (Fsp3) is 0.543. The maximum absolute atomic E-state index is 14.3. The third kappa shape index (κ3) is 6.87. The Balaban J connectivity index is 1.12. The summed E-state index contributed by atoms with van der Waals surface area (Å²) >= 11 is 0. The Labute approximate surface area is 254 Å². The number of carboxylic acid groups (broad SMARTS) is 1. The number of nitrogens with zero attached hydrogens (tertiary/aromatic N) is 4. The monoisotopic (exact) mass is 588 g/mol. The first-order valence-corrected chi connectivity index (χ1v) is 16.0. The molecule has 0 unspecified atom stereocenters. The van der Waals surface area contributed by atoms with Gasteiger partial charge in [-0.15, -0.1) is 0 Å². The zero-order valence-corrected chi connectivity index (χ0v) is 25.3. The van der Waals surface area contributed by atoms with E-state index in [1.807, 2.05) is 6.07 Å². The molecule has 1 aromatic heterocycles. The van der Waals surface area contributed by atoms with Gasteiger partial charge in [0.05, 0.1) is 11.1 Å². The molecule has 230 valence electrons. The summed E-state index contributed by atoms with van der Waals surface area (Å²) in [6, 6.07) is 19.9. The molecular formula is C35H45FN4O3. The van der Waals surface area contributed by atoms with Gasteiger partial charge < -0.3 is 19.6 Å². The van der Waals surface area contributed by atoms with E-state index in [1.54, 1.807) is 12.1 Å². The summed E-state index contributed by atoms with van der Waals surface area (Å²) in [4.78, 5) is 17.3. The summed E-state index contributed by atoms with van der Waals surface area (Å²) in [7, 11) is 0. The molecule has 0 saturated carbocycles. The molecule has 3 aliphatic rings. The van der Waals surface area contributed by atoms with Gasteiger partial charge in [-0.05, 0) is 80.9 Å². The van der Waals surface area contributed by atoms with Crippen LogP contribution in [0.3, 0.4) is 0 Å². The fourth-order valence-corrected chi connectivity index (χ4v) is 7.72. The van der Waals surface area contributed by atoms with Gasteiger partial charge in [0.15, 0.2) is 0 Å². The predicted octanol–water partition coefficient (Wildman–Crippen LogP) is 5.41. The largest absolute Gasteiger partial charge is 0.481 e. The quantitative estimate of drug-likeness (QED) is 0.342. The van der Waals surface area contributed by atoms with E-state index in [-0.39, 0.29) is 11.7 Å². The molecule has 0 spiro atoms. The molecule has 3 fully saturated rings. The number of hydrogen-bond donors (Lipinski definition) is 1. The van der Waals surface area contributed by atoms with Gasteiger partial charge in [-0.3, -0.25) is 9.48 Å². The highest BCUT2D eigenvalue weighted by molar-refractivity contribution is 5.75. The van der Waals surface area contributed by atoms with E-state index in [4.69, 9.17) is 9.84 Å². The number of likely N-dealkylation sites (tertiary alicyclic amines) is 2. The molecule has 0 amide bonds. The van der Waals surface area contributed by atoms with Gasteiger partial charge >= 0.3 is 5.97 Å². The molecule has 8 heteroatoms. The number of rotatable bonds is 10. The van der Waals surface area contributed by atoms with E-state index < -0.39 is 11.4 Å². The lowest BCUT2D eigenvalue weighted by Gasteiger charge is -2.36. The number of halogens is 1. The minimum absolute atomic E-state index is 0.182. The van der Waals surface area contributed by atoms with Gasteiger partial charge in [0, 0.05) is 69.9 Å². The lowest BCUT2D eigenvalue weighted by Crippen LogP contribution is -2.46. The van der Waals surface area contributed by atoms with E-state index in [1.165, 1.54) is 17.3 Å². The standard InChI is InChI=1S/C35H45FN4O3/c1-2-40-33(21-31(37-40)19-26-7-4-3-5-8-26)27-11-15-38(16-12-27)22-29-23-39(24-32(29)28-9-6-10-30(36)20-28)25-35(34(41)42)13-17-43-18-14-35/h3-10,20-21,27,29,32H,2,11-19,22-25H2,1H3,(H,41,42)/t29-,32+/m0/s1. The van der Waals surface area contributed by atoms with Crippen molar-refractivity contribution >= 4 is 5.97 Å². The Kier molecular flexibility index (Phi) is 9.26. The molecule has 4 heterocycles. The van der Waals surface area contributed by atoms with Gasteiger partial charge in [-0.1, -0.05) is 42.5 Å². The summed E-state index contributed by atoms with van der Waals surface area (Å²) in [5.74, 6) is 0.0723. The van der Waals surface area contributed by atoms with E-state index in [2.05, 4.69) is 57.8 Å². The number of carbonyl (C=O) groups is 1. The van der Waals surface area contributed by atoms with E-state index in [9.17, 15) is 14.3 Å². The van der Waals surface area contributed by atoms with Gasteiger partial charge in [-0.25, -0.2) is 4.39 Å².